The Bertz CT molecular complexity index is 570. The van der Waals surface area contributed by atoms with Crippen molar-refractivity contribution in [2.75, 3.05) is 26.2 Å². The first-order chi connectivity index (χ1) is 12.4. The molecule has 3 unspecified atom stereocenters. The van der Waals surface area contributed by atoms with Gasteiger partial charge in [-0.3, -0.25) is 14.4 Å². The van der Waals surface area contributed by atoms with Crippen LogP contribution < -0.4 is 0 Å². The number of carboxylic acid groups (broad SMARTS) is 1. The van der Waals surface area contributed by atoms with Crippen molar-refractivity contribution in [1.82, 2.24) is 9.80 Å². The van der Waals surface area contributed by atoms with Crippen LogP contribution in [0.15, 0.2) is 0 Å². The molecule has 3 fully saturated rings. The minimum atomic E-state index is -0.848. The number of nitrogens with zero attached hydrogens (tertiary/aromatic N) is 2. The third kappa shape index (κ3) is 3.35. The highest BCUT2D eigenvalue weighted by atomic mass is 16.4. The monoisotopic (exact) mass is 364 g/mol. The molecule has 26 heavy (non-hydrogen) atoms. The Labute approximate surface area is 155 Å². The summed E-state index contributed by atoms with van der Waals surface area (Å²) in [6.45, 7) is 6.24. The zero-order valence-corrected chi connectivity index (χ0v) is 16.1. The van der Waals surface area contributed by atoms with Gasteiger partial charge in [0.15, 0.2) is 0 Å². The van der Waals surface area contributed by atoms with Crippen molar-refractivity contribution in [3.63, 3.8) is 0 Å². The van der Waals surface area contributed by atoms with Gasteiger partial charge in [-0.15, -0.1) is 0 Å². The lowest BCUT2D eigenvalue weighted by molar-refractivity contribution is -0.153. The quantitative estimate of drug-likeness (QED) is 0.831. The zero-order chi connectivity index (χ0) is 18.9. The molecule has 6 heteroatoms. The number of amides is 2. The fraction of sp³-hybridized carbons (Fsp3) is 0.850. The van der Waals surface area contributed by atoms with E-state index >= 15 is 0 Å². The predicted octanol–water partition coefficient (Wildman–Crippen LogP) is 2.37. The zero-order valence-electron chi connectivity index (χ0n) is 16.1. The van der Waals surface area contributed by atoms with Gasteiger partial charge in [0.2, 0.25) is 11.8 Å². The number of carbonyl (C=O) groups excluding carboxylic acids is 2. The minimum Gasteiger partial charge on any atom is -0.481 e. The molecular weight excluding hydrogens is 332 g/mol. The second-order valence-corrected chi connectivity index (χ2v) is 8.66. The summed E-state index contributed by atoms with van der Waals surface area (Å²) in [6, 6.07) is 0. The molecule has 1 saturated carbocycles. The molecule has 0 radical (unpaired) electrons. The first-order valence-electron chi connectivity index (χ1n) is 10.2. The van der Waals surface area contributed by atoms with Gasteiger partial charge >= 0.3 is 5.97 Å². The van der Waals surface area contributed by atoms with Gasteiger partial charge in [-0.2, -0.15) is 0 Å². The second kappa shape index (κ2) is 7.57. The number of carboxylic acids is 1. The molecule has 2 saturated heterocycles. The molecule has 3 rings (SSSR count). The van der Waals surface area contributed by atoms with Crippen LogP contribution in [-0.4, -0.2) is 58.9 Å². The average molecular weight is 364 g/mol. The van der Waals surface area contributed by atoms with Gasteiger partial charge in [0.25, 0.3) is 0 Å². The molecule has 3 atom stereocenters. The maximum absolute atomic E-state index is 13.2. The van der Waals surface area contributed by atoms with Gasteiger partial charge in [-0.25, -0.2) is 0 Å². The third-order valence-electron chi connectivity index (χ3n) is 6.96. The van der Waals surface area contributed by atoms with Crippen LogP contribution >= 0.6 is 0 Å². The van der Waals surface area contributed by atoms with Gasteiger partial charge in [0.1, 0.15) is 0 Å². The van der Waals surface area contributed by atoms with Gasteiger partial charge in [-0.05, 0) is 38.0 Å². The van der Waals surface area contributed by atoms with Gasteiger partial charge < -0.3 is 14.9 Å². The Hall–Kier alpha value is -1.59. The summed E-state index contributed by atoms with van der Waals surface area (Å²) in [5.74, 6) is -1.16. The summed E-state index contributed by atoms with van der Waals surface area (Å²) < 4.78 is 0. The number of hydrogen-bond donors (Lipinski definition) is 1. The van der Waals surface area contributed by atoms with E-state index in [0.717, 1.165) is 51.6 Å². The van der Waals surface area contributed by atoms with Crippen molar-refractivity contribution in [3.8, 4) is 0 Å². The van der Waals surface area contributed by atoms with Crippen LogP contribution in [0.4, 0.5) is 0 Å². The summed E-state index contributed by atoms with van der Waals surface area (Å²) in [4.78, 5) is 41.7. The summed E-state index contributed by atoms with van der Waals surface area (Å²) in [5.41, 5.74) is -0.848. The van der Waals surface area contributed by atoms with Crippen LogP contribution in [0.3, 0.4) is 0 Å². The predicted molar refractivity (Wildman–Crippen MR) is 97.4 cm³/mol. The molecule has 0 aromatic rings. The minimum absolute atomic E-state index is 0.00558. The Kier molecular flexibility index (Phi) is 5.58. The normalized spacial score (nSPS) is 32.3. The maximum atomic E-state index is 13.2. The highest BCUT2D eigenvalue weighted by molar-refractivity contribution is 5.89. The topological polar surface area (TPSA) is 77.9 Å². The van der Waals surface area contributed by atoms with Gasteiger partial charge in [0, 0.05) is 38.0 Å². The lowest BCUT2D eigenvalue weighted by atomic mass is 9.76. The number of hydrogen-bond acceptors (Lipinski definition) is 3. The van der Waals surface area contributed by atoms with E-state index in [2.05, 4.69) is 0 Å². The largest absolute Gasteiger partial charge is 0.481 e. The molecule has 2 amide bonds. The van der Waals surface area contributed by atoms with Gasteiger partial charge in [0.05, 0.1) is 5.41 Å². The Balaban J connectivity index is 1.73. The Morgan fingerprint density at radius 2 is 1.42 bits per heavy atom. The number of aliphatic carboxylic acids is 1. The molecule has 2 aliphatic heterocycles. The van der Waals surface area contributed by atoms with Crippen LogP contribution in [0.2, 0.25) is 0 Å². The molecule has 0 bridgehead atoms. The maximum Gasteiger partial charge on any atom is 0.311 e. The Morgan fingerprint density at radius 1 is 0.885 bits per heavy atom. The SMILES string of the molecule is CC(C)C1(C(=O)O)CCN(C(=O)C2CCCCC2C(=O)N2CCCC2)C1. The van der Waals surface area contributed by atoms with Crippen molar-refractivity contribution in [3.05, 3.63) is 0 Å². The van der Waals surface area contributed by atoms with E-state index < -0.39 is 11.4 Å². The number of likely N-dealkylation sites (tertiary alicyclic amines) is 2. The summed E-state index contributed by atoms with van der Waals surface area (Å²) in [7, 11) is 0. The third-order valence-corrected chi connectivity index (χ3v) is 6.96. The highest BCUT2D eigenvalue weighted by Gasteiger charge is 2.50. The number of carbonyl (C=O) groups is 3. The standard InChI is InChI=1S/C20H32N2O4/c1-14(2)20(19(25)26)9-12-22(13-20)18(24)16-8-4-3-7-15(16)17(23)21-10-5-6-11-21/h14-16H,3-13H2,1-2H3,(H,25,26). The van der Waals surface area contributed by atoms with Crippen LogP contribution in [0, 0.1) is 23.2 Å². The van der Waals surface area contributed by atoms with E-state index in [0.29, 0.717) is 13.0 Å². The van der Waals surface area contributed by atoms with E-state index in [1.165, 1.54) is 0 Å². The van der Waals surface area contributed by atoms with E-state index in [4.69, 9.17) is 0 Å². The molecule has 3 aliphatic rings. The smallest absolute Gasteiger partial charge is 0.311 e. The van der Waals surface area contributed by atoms with Crippen LogP contribution in [0.5, 0.6) is 0 Å². The molecule has 1 N–H and O–H groups in total. The van der Waals surface area contributed by atoms with Crippen molar-refractivity contribution in [2.24, 2.45) is 23.2 Å². The summed E-state index contributed by atoms with van der Waals surface area (Å²) >= 11 is 0. The molecular formula is C20H32N2O4. The van der Waals surface area contributed by atoms with Gasteiger partial charge in [-0.1, -0.05) is 26.7 Å². The van der Waals surface area contributed by atoms with Crippen molar-refractivity contribution < 1.29 is 19.5 Å². The average Bonchev–Trinajstić information content (AvgIpc) is 3.30. The highest BCUT2D eigenvalue weighted by Crippen LogP contribution is 2.41. The molecule has 6 nitrogen and oxygen atoms in total. The van der Waals surface area contributed by atoms with E-state index in [-0.39, 0.29) is 36.1 Å². The molecule has 0 aromatic carbocycles. The van der Waals surface area contributed by atoms with Crippen molar-refractivity contribution >= 4 is 17.8 Å². The Morgan fingerprint density at radius 3 is 1.88 bits per heavy atom. The lowest BCUT2D eigenvalue weighted by Gasteiger charge is -2.35. The molecule has 146 valence electrons. The second-order valence-electron chi connectivity index (χ2n) is 8.66. The fourth-order valence-electron chi connectivity index (χ4n) is 5.04. The first-order valence-corrected chi connectivity index (χ1v) is 10.2. The molecule has 0 spiro atoms. The number of rotatable bonds is 4. The summed E-state index contributed by atoms with van der Waals surface area (Å²) in [6.07, 6.45) is 6.12. The molecule has 2 heterocycles. The van der Waals surface area contributed by atoms with E-state index in [9.17, 15) is 19.5 Å². The van der Waals surface area contributed by atoms with Crippen LogP contribution in [-0.2, 0) is 14.4 Å². The lowest BCUT2D eigenvalue weighted by Crippen LogP contribution is -2.47. The molecule has 1 aliphatic carbocycles. The summed E-state index contributed by atoms with van der Waals surface area (Å²) in [5, 5.41) is 9.73. The van der Waals surface area contributed by atoms with Crippen molar-refractivity contribution in [1.29, 1.82) is 0 Å². The first kappa shape index (κ1) is 19.2. The molecule has 0 aromatic heterocycles. The van der Waals surface area contributed by atoms with E-state index in [1.807, 2.05) is 18.7 Å². The van der Waals surface area contributed by atoms with E-state index in [1.54, 1.807) is 4.90 Å². The van der Waals surface area contributed by atoms with Crippen LogP contribution in [0.25, 0.3) is 0 Å². The fourth-order valence-corrected chi connectivity index (χ4v) is 5.04. The van der Waals surface area contributed by atoms with Crippen molar-refractivity contribution in [2.45, 2.75) is 58.8 Å². The van der Waals surface area contributed by atoms with Crippen LogP contribution in [0.1, 0.15) is 58.8 Å².